The molecule has 0 unspecified atom stereocenters. The average Bonchev–Trinajstić information content (AvgIpc) is 3.19. The molecule has 0 bridgehead atoms. The zero-order chi connectivity index (χ0) is 21.5. The highest BCUT2D eigenvalue weighted by molar-refractivity contribution is 7.18. The van der Waals surface area contributed by atoms with Gasteiger partial charge in [-0.25, -0.2) is 0 Å². The van der Waals surface area contributed by atoms with E-state index in [4.69, 9.17) is 0 Å². The van der Waals surface area contributed by atoms with Crippen molar-refractivity contribution in [3.8, 4) is 10.6 Å². The molecule has 2 N–H and O–H groups in total. The molecule has 0 saturated carbocycles. The predicted molar refractivity (Wildman–Crippen MR) is 121 cm³/mol. The van der Waals surface area contributed by atoms with Gasteiger partial charge in [-0.05, 0) is 30.5 Å². The third-order valence-electron chi connectivity index (χ3n) is 4.39. The number of aromatic nitrogens is 2. The smallest absolute Gasteiger partial charge is 0.249 e. The normalized spacial score (nSPS) is 12.1. The van der Waals surface area contributed by atoms with Crippen LogP contribution in [0.4, 0.5) is 5.13 Å². The number of benzene rings is 2. The summed E-state index contributed by atoms with van der Waals surface area (Å²) in [6, 6.07) is 16.8. The number of nitrogens with one attached hydrogen (secondary N) is 2. The lowest BCUT2D eigenvalue weighted by atomic mass is 10.0. The van der Waals surface area contributed by atoms with Gasteiger partial charge < -0.3 is 5.32 Å². The van der Waals surface area contributed by atoms with E-state index in [0.29, 0.717) is 5.13 Å². The summed E-state index contributed by atoms with van der Waals surface area (Å²) >= 11 is 1.30. The van der Waals surface area contributed by atoms with Crippen LogP contribution >= 0.6 is 11.3 Å². The van der Waals surface area contributed by atoms with E-state index in [0.717, 1.165) is 21.7 Å². The van der Waals surface area contributed by atoms with Crippen LogP contribution in [-0.4, -0.2) is 28.1 Å². The minimum atomic E-state index is -0.691. The molecule has 7 heteroatoms. The first-order valence-corrected chi connectivity index (χ1v) is 10.5. The highest BCUT2D eigenvalue weighted by atomic mass is 32.1. The molecule has 30 heavy (non-hydrogen) atoms. The fourth-order valence-electron chi connectivity index (χ4n) is 2.82. The molecule has 0 fully saturated rings. The lowest BCUT2D eigenvalue weighted by Crippen LogP contribution is -2.46. The van der Waals surface area contributed by atoms with Crippen LogP contribution in [0.25, 0.3) is 16.6 Å². The van der Waals surface area contributed by atoms with Crippen molar-refractivity contribution in [2.24, 2.45) is 5.92 Å². The van der Waals surface area contributed by atoms with Gasteiger partial charge in [0.1, 0.15) is 11.0 Å². The molecule has 0 aliphatic carbocycles. The summed E-state index contributed by atoms with van der Waals surface area (Å²) in [5.74, 6) is -0.743. The highest BCUT2D eigenvalue weighted by Crippen LogP contribution is 2.27. The Balaban J connectivity index is 1.64. The SMILES string of the molecule is Cc1cccc(-c2nnc(NC(=O)[C@@H](NC(=O)/C=C/c3ccccc3)C(C)C)s2)c1. The summed E-state index contributed by atoms with van der Waals surface area (Å²) in [6.45, 7) is 5.77. The molecule has 1 aromatic heterocycles. The molecule has 2 amide bonds. The van der Waals surface area contributed by atoms with Gasteiger partial charge in [0.25, 0.3) is 0 Å². The van der Waals surface area contributed by atoms with Gasteiger partial charge in [-0.2, -0.15) is 0 Å². The Morgan fingerprint density at radius 1 is 1.03 bits per heavy atom. The lowest BCUT2D eigenvalue weighted by Gasteiger charge is -2.20. The zero-order valence-electron chi connectivity index (χ0n) is 17.1. The van der Waals surface area contributed by atoms with Crippen LogP contribution in [-0.2, 0) is 9.59 Å². The Hall–Kier alpha value is -3.32. The third kappa shape index (κ3) is 5.84. The number of anilines is 1. The Bertz CT molecular complexity index is 1040. The molecule has 2 aromatic carbocycles. The third-order valence-corrected chi connectivity index (χ3v) is 5.28. The Kier molecular flexibility index (Phi) is 7.08. The van der Waals surface area contributed by atoms with Gasteiger partial charge in [0.2, 0.25) is 16.9 Å². The van der Waals surface area contributed by atoms with Crippen molar-refractivity contribution in [2.75, 3.05) is 5.32 Å². The van der Waals surface area contributed by atoms with E-state index >= 15 is 0 Å². The summed E-state index contributed by atoms with van der Waals surface area (Å²) in [4.78, 5) is 25.1. The monoisotopic (exact) mass is 420 g/mol. The van der Waals surface area contributed by atoms with Crippen molar-refractivity contribution in [2.45, 2.75) is 26.8 Å². The van der Waals surface area contributed by atoms with Crippen molar-refractivity contribution in [1.82, 2.24) is 15.5 Å². The number of carbonyl (C=O) groups excluding carboxylic acids is 2. The number of hydrogen-bond donors (Lipinski definition) is 2. The second-order valence-corrected chi connectivity index (χ2v) is 8.22. The van der Waals surface area contributed by atoms with Gasteiger partial charge in [0.15, 0.2) is 0 Å². The predicted octanol–water partition coefficient (Wildman–Crippen LogP) is 4.31. The topological polar surface area (TPSA) is 84.0 Å². The second kappa shape index (κ2) is 9.93. The van der Waals surface area contributed by atoms with Crippen LogP contribution in [0.2, 0.25) is 0 Å². The van der Waals surface area contributed by atoms with Crippen LogP contribution < -0.4 is 10.6 Å². The number of amides is 2. The van der Waals surface area contributed by atoms with E-state index in [2.05, 4.69) is 20.8 Å². The molecule has 6 nitrogen and oxygen atoms in total. The van der Waals surface area contributed by atoms with Gasteiger partial charge in [-0.3, -0.25) is 14.9 Å². The summed E-state index contributed by atoms with van der Waals surface area (Å²) in [7, 11) is 0. The van der Waals surface area contributed by atoms with Crippen molar-refractivity contribution >= 4 is 34.4 Å². The van der Waals surface area contributed by atoms with Gasteiger partial charge in [-0.15, -0.1) is 10.2 Å². The molecule has 0 spiro atoms. The molecule has 0 aliphatic rings. The Labute approximate surface area is 180 Å². The molecule has 154 valence electrons. The van der Waals surface area contributed by atoms with Gasteiger partial charge in [0, 0.05) is 11.6 Å². The number of nitrogens with zero attached hydrogens (tertiary/aromatic N) is 2. The molecule has 0 radical (unpaired) electrons. The Morgan fingerprint density at radius 3 is 2.50 bits per heavy atom. The first-order chi connectivity index (χ1) is 14.4. The molecule has 0 aliphatic heterocycles. The van der Waals surface area contributed by atoms with E-state index in [9.17, 15) is 9.59 Å². The quantitative estimate of drug-likeness (QED) is 0.558. The van der Waals surface area contributed by atoms with E-state index in [-0.39, 0.29) is 17.7 Å². The van der Waals surface area contributed by atoms with Crippen LogP contribution in [0.3, 0.4) is 0 Å². The fourth-order valence-corrected chi connectivity index (χ4v) is 3.57. The zero-order valence-corrected chi connectivity index (χ0v) is 17.9. The molecule has 1 atom stereocenters. The van der Waals surface area contributed by atoms with Crippen molar-refractivity contribution in [3.05, 3.63) is 71.8 Å². The number of aryl methyl sites for hydroxylation is 1. The maximum Gasteiger partial charge on any atom is 0.249 e. The number of hydrogen-bond acceptors (Lipinski definition) is 5. The maximum absolute atomic E-state index is 12.8. The van der Waals surface area contributed by atoms with Crippen LogP contribution in [0.15, 0.2) is 60.7 Å². The molecule has 3 rings (SSSR count). The van der Waals surface area contributed by atoms with Crippen molar-refractivity contribution < 1.29 is 9.59 Å². The standard InChI is InChI=1S/C23H24N4O2S/c1-15(2)20(24-19(28)13-12-17-9-5-4-6-10-17)21(29)25-23-27-26-22(30-23)18-11-7-8-16(3)14-18/h4-15,20H,1-3H3,(H,24,28)(H,25,27,29)/b13-12+/t20-/m0/s1. The first kappa shape index (κ1) is 21.4. The summed E-state index contributed by atoms with van der Waals surface area (Å²) in [6.07, 6.45) is 3.14. The maximum atomic E-state index is 12.8. The first-order valence-electron chi connectivity index (χ1n) is 9.67. The van der Waals surface area contributed by atoms with E-state index < -0.39 is 6.04 Å². The largest absolute Gasteiger partial charge is 0.340 e. The van der Waals surface area contributed by atoms with Crippen LogP contribution in [0.5, 0.6) is 0 Å². The van der Waals surface area contributed by atoms with E-state index in [1.165, 1.54) is 17.4 Å². The van der Waals surface area contributed by atoms with E-state index in [1.54, 1.807) is 6.08 Å². The van der Waals surface area contributed by atoms with Crippen LogP contribution in [0.1, 0.15) is 25.0 Å². The van der Waals surface area contributed by atoms with Crippen LogP contribution in [0, 0.1) is 12.8 Å². The summed E-state index contributed by atoms with van der Waals surface area (Å²) in [5, 5.41) is 14.9. The van der Waals surface area contributed by atoms with Gasteiger partial charge in [0.05, 0.1) is 0 Å². The summed E-state index contributed by atoms with van der Waals surface area (Å²) in [5.41, 5.74) is 2.99. The lowest BCUT2D eigenvalue weighted by molar-refractivity contribution is -0.124. The number of carbonyl (C=O) groups is 2. The Morgan fingerprint density at radius 2 is 1.80 bits per heavy atom. The molecular formula is C23H24N4O2S. The second-order valence-electron chi connectivity index (χ2n) is 7.25. The highest BCUT2D eigenvalue weighted by Gasteiger charge is 2.24. The molecule has 0 saturated heterocycles. The summed E-state index contributed by atoms with van der Waals surface area (Å²) < 4.78 is 0. The molecule has 3 aromatic rings. The van der Waals surface area contributed by atoms with Crippen molar-refractivity contribution in [1.29, 1.82) is 0 Å². The minimum Gasteiger partial charge on any atom is -0.340 e. The molecular weight excluding hydrogens is 396 g/mol. The fraction of sp³-hybridized carbons (Fsp3) is 0.217. The number of rotatable bonds is 7. The minimum absolute atomic E-state index is 0.0942. The van der Waals surface area contributed by atoms with Gasteiger partial charge >= 0.3 is 0 Å². The van der Waals surface area contributed by atoms with Gasteiger partial charge in [-0.1, -0.05) is 79.3 Å². The average molecular weight is 421 g/mol. The van der Waals surface area contributed by atoms with Crippen molar-refractivity contribution in [3.63, 3.8) is 0 Å². The van der Waals surface area contributed by atoms with E-state index in [1.807, 2.05) is 75.4 Å². The molecule has 1 heterocycles.